The van der Waals surface area contributed by atoms with Crippen LogP contribution in [0.25, 0.3) is 0 Å². The molecule has 2 N–H and O–H groups in total. The lowest BCUT2D eigenvalue weighted by Gasteiger charge is -2.10. The van der Waals surface area contributed by atoms with Crippen LogP contribution in [-0.4, -0.2) is 24.3 Å². The van der Waals surface area contributed by atoms with Crippen molar-refractivity contribution in [3.8, 4) is 0 Å². The maximum absolute atomic E-state index is 8.55. The summed E-state index contributed by atoms with van der Waals surface area (Å²) in [5.74, 6) is 0. The molecule has 1 atom stereocenters. The summed E-state index contributed by atoms with van der Waals surface area (Å²) in [6.07, 6.45) is 7.51. The Kier molecular flexibility index (Phi) is 9.49. The van der Waals surface area contributed by atoms with Crippen molar-refractivity contribution in [2.45, 2.75) is 45.1 Å². The van der Waals surface area contributed by atoms with Crippen molar-refractivity contribution in [1.82, 2.24) is 5.32 Å². The Labute approximate surface area is 82.0 Å². The second kappa shape index (κ2) is 9.75. The minimum atomic E-state index is 0.334. The molecule has 0 heterocycles. The van der Waals surface area contributed by atoms with E-state index in [1.807, 2.05) is 6.08 Å². The van der Waals surface area contributed by atoms with Crippen LogP contribution < -0.4 is 5.32 Å². The van der Waals surface area contributed by atoms with Crippen molar-refractivity contribution in [1.29, 1.82) is 0 Å². The Balaban J connectivity index is 3.01. The summed E-state index contributed by atoms with van der Waals surface area (Å²) in [4.78, 5) is 0. The van der Waals surface area contributed by atoms with Crippen LogP contribution in [0.3, 0.4) is 0 Å². The van der Waals surface area contributed by atoms with Crippen LogP contribution in [-0.2, 0) is 0 Å². The molecule has 0 fully saturated rings. The highest BCUT2D eigenvalue weighted by Crippen LogP contribution is 1.98. The van der Waals surface area contributed by atoms with E-state index in [1.54, 1.807) is 0 Å². The van der Waals surface area contributed by atoms with Crippen LogP contribution >= 0.6 is 0 Å². The molecule has 0 aromatic carbocycles. The predicted octanol–water partition coefficient (Wildman–Crippen LogP) is 2.09. The first-order chi connectivity index (χ1) is 6.31. The van der Waals surface area contributed by atoms with Crippen LogP contribution in [0.5, 0.6) is 0 Å². The van der Waals surface area contributed by atoms with Gasteiger partial charge >= 0.3 is 0 Å². The Morgan fingerprint density at radius 2 is 2.00 bits per heavy atom. The third kappa shape index (κ3) is 9.57. The number of rotatable bonds is 9. The summed E-state index contributed by atoms with van der Waals surface area (Å²) in [6, 6.07) is 0.551. The fraction of sp³-hybridized carbons (Fsp3) is 0.818. The van der Waals surface area contributed by atoms with E-state index < -0.39 is 0 Å². The number of hydrogen-bond acceptors (Lipinski definition) is 2. The normalized spacial score (nSPS) is 12.8. The Bertz CT molecular complexity index is 115. The van der Waals surface area contributed by atoms with Gasteiger partial charge < -0.3 is 10.4 Å². The summed E-state index contributed by atoms with van der Waals surface area (Å²) in [5, 5.41) is 12.0. The van der Waals surface area contributed by atoms with Gasteiger partial charge in [0.1, 0.15) is 0 Å². The molecule has 1 unspecified atom stereocenters. The second-order valence-electron chi connectivity index (χ2n) is 3.52. The van der Waals surface area contributed by atoms with Gasteiger partial charge in [0.2, 0.25) is 0 Å². The fourth-order valence-electron chi connectivity index (χ4n) is 1.27. The summed E-state index contributed by atoms with van der Waals surface area (Å²) in [6.45, 7) is 7.30. The van der Waals surface area contributed by atoms with Gasteiger partial charge in [0.25, 0.3) is 0 Å². The molecule has 0 saturated carbocycles. The number of unbranched alkanes of at least 4 members (excludes halogenated alkanes) is 3. The Hall–Kier alpha value is -0.340. The van der Waals surface area contributed by atoms with E-state index in [-0.39, 0.29) is 0 Å². The summed E-state index contributed by atoms with van der Waals surface area (Å²) >= 11 is 0. The zero-order chi connectivity index (χ0) is 9.94. The van der Waals surface area contributed by atoms with Crippen molar-refractivity contribution in [2.75, 3.05) is 13.2 Å². The minimum Gasteiger partial charge on any atom is -0.396 e. The van der Waals surface area contributed by atoms with E-state index in [0.717, 1.165) is 25.8 Å². The number of aliphatic hydroxyl groups is 1. The molecular weight excluding hydrogens is 162 g/mol. The molecule has 0 rings (SSSR count). The molecule has 0 aliphatic carbocycles. The SMILES string of the molecule is C=CCC(C)NCCCCCCO. The summed E-state index contributed by atoms with van der Waals surface area (Å²) < 4.78 is 0. The predicted molar refractivity (Wildman–Crippen MR) is 57.8 cm³/mol. The van der Waals surface area contributed by atoms with E-state index in [4.69, 9.17) is 5.11 Å². The molecule has 0 spiro atoms. The molecule has 0 radical (unpaired) electrons. The lowest BCUT2D eigenvalue weighted by atomic mass is 10.2. The molecule has 0 bridgehead atoms. The average Bonchev–Trinajstić information content (AvgIpc) is 2.11. The molecule has 0 saturated heterocycles. The molecular formula is C11H23NO. The van der Waals surface area contributed by atoms with E-state index in [1.165, 1.54) is 12.8 Å². The van der Waals surface area contributed by atoms with Gasteiger partial charge in [-0.1, -0.05) is 18.9 Å². The fourth-order valence-corrected chi connectivity index (χ4v) is 1.27. The highest BCUT2D eigenvalue weighted by molar-refractivity contribution is 4.74. The van der Waals surface area contributed by atoms with Crippen molar-refractivity contribution in [3.05, 3.63) is 12.7 Å². The van der Waals surface area contributed by atoms with Gasteiger partial charge in [-0.05, 0) is 32.7 Å². The van der Waals surface area contributed by atoms with Crippen LogP contribution in [0.1, 0.15) is 39.0 Å². The van der Waals surface area contributed by atoms with E-state index >= 15 is 0 Å². The number of hydrogen-bond donors (Lipinski definition) is 2. The van der Waals surface area contributed by atoms with Crippen LogP contribution in [0.2, 0.25) is 0 Å². The molecule has 0 aromatic heterocycles. The van der Waals surface area contributed by atoms with Gasteiger partial charge in [0.05, 0.1) is 0 Å². The third-order valence-corrected chi connectivity index (χ3v) is 2.10. The van der Waals surface area contributed by atoms with Crippen molar-refractivity contribution < 1.29 is 5.11 Å². The molecule has 0 aliphatic heterocycles. The van der Waals surface area contributed by atoms with Crippen molar-refractivity contribution >= 4 is 0 Å². The van der Waals surface area contributed by atoms with Crippen LogP contribution in [0, 0.1) is 0 Å². The average molecular weight is 185 g/mol. The Morgan fingerprint density at radius 3 is 2.62 bits per heavy atom. The third-order valence-electron chi connectivity index (χ3n) is 2.10. The van der Waals surface area contributed by atoms with Gasteiger partial charge in [0.15, 0.2) is 0 Å². The first-order valence-corrected chi connectivity index (χ1v) is 5.26. The molecule has 0 aliphatic rings. The molecule has 78 valence electrons. The lowest BCUT2D eigenvalue weighted by molar-refractivity contribution is 0.282. The molecule has 0 amide bonds. The largest absolute Gasteiger partial charge is 0.396 e. The van der Waals surface area contributed by atoms with E-state index in [0.29, 0.717) is 12.6 Å². The van der Waals surface area contributed by atoms with E-state index in [9.17, 15) is 0 Å². The monoisotopic (exact) mass is 185 g/mol. The first kappa shape index (κ1) is 12.7. The van der Waals surface area contributed by atoms with Gasteiger partial charge in [-0.3, -0.25) is 0 Å². The maximum Gasteiger partial charge on any atom is 0.0431 e. The quantitative estimate of drug-likeness (QED) is 0.426. The zero-order valence-electron chi connectivity index (χ0n) is 8.76. The van der Waals surface area contributed by atoms with Crippen molar-refractivity contribution in [2.24, 2.45) is 0 Å². The first-order valence-electron chi connectivity index (χ1n) is 5.26. The van der Waals surface area contributed by atoms with Gasteiger partial charge in [-0.15, -0.1) is 6.58 Å². The minimum absolute atomic E-state index is 0.334. The molecule has 0 aromatic rings. The standard InChI is InChI=1S/C11H23NO/c1-3-8-11(2)12-9-6-4-5-7-10-13/h3,11-13H,1,4-10H2,2H3. The van der Waals surface area contributed by atoms with Gasteiger partial charge in [-0.25, -0.2) is 0 Å². The highest BCUT2D eigenvalue weighted by atomic mass is 16.2. The molecule has 2 heteroatoms. The smallest absolute Gasteiger partial charge is 0.0431 e. The van der Waals surface area contributed by atoms with Crippen LogP contribution in [0.4, 0.5) is 0 Å². The Morgan fingerprint density at radius 1 is 1.31 bits per heavy atom. The maximum atomic E-state index is 8.55. The number of aliphatic hydroxyl groups excluding tert-OH is 1. The van der Waals surface area contributed by atoms with Gasteiger partial charge in [-0.2, -0.15) is 0 Å². The highest BCUT2D eigenvalue weighted by Gasteiger charge is 1.96. The second-order valence-corrected chi connectivity index (χ2v) is 3.52. The van der Waals surface area contributed by atoms with E-state index in [2.05, 4.69) is 18.8 Å². The number of nitrogens with one attached hydrogen (secondary N) is 1. The summed E-state index contributed by atoms with van der Waals surface area (Å²) in [5.41, 5.74) is 0. The summed E-state index contributed by atoms with van der Waals surface area (Å²) in [7, 11) is 0. The topological polar surface area (TPSA) is 32.3 Å². The molecule has 2 nitrogen and oxygen atoms in total. The zero-order valence-corrected chi connectivity index (χ0v) is 8.76. The van der Waals surface area contributed by atoms with Gasteiger partial charge in [0, 0.05) is 12.6 Å². The lowest BCUT2D eigenvalue weighted by Crippen LogP contribution is -2.26. The van der Waals surface area contributed by atoms with Crippen molar-refractivity contribution in [3.63, 3.8) is 0 Å². The molecule has 13 heavy (non-hydrogen) atoms. The van der Waals surface area contributed by atoms with Crippen LogP contribution in [0.15, 0.2) is 12.7 Å².